The van der Waals surface area contributed by atoms with Crippen molar-refractivity contribution in [3.63, 3.8) is 0 Å². The van der Waals surface area contributed by atoms with Crippen molar-refractivity contribution in [2.24, 2.45) is 0 Å². The maximum Gasteiger partial charge on any atom is 0.347 e. The van der Waals surface area contributed by atoms with Gasteiger partial charge in [0.15, 0.2) is 5.56 Å². The van der Waals surface area contributed by atoms with Gasteiger partial charge in [0.05, 0.1) is 18.9 Å². The van der Waals surface area contributed by atoms with Crippen LogP contribution < -0.4 is 10.5 Å². The molecule has 2 rings (SSSR count). The minimum absolute atomic E-state index is 0.164. The van der Waals surface area contributed by atoms with Gasteiger partial charge in [-0.2, -0.15) is 0 Å². The van der Waals surface area contributed by atoms with E-state index in [-0.39, 0.29) is 23.9 Å². The number of esters is 1. The Morgan fingerprint density at radius 2 is 1.95 bits per heavy atom. The van der Waals surface area contributed by atoms with Crippen molar-refractivity contribution in [2.45, 2.75) is 13.8 Å². The van der Waals surface area contributed by atoms with Crippen LogP contribution in [0, 0.1) is 0 Å². The highest BCUT2D eigenvalue weighted by Crippen LogP contribution is 2.27. The van der Waals surface area contributed by atoms with Gasteiger partial charge in [0.1, 0.15) is 5.82 Å². The number of carbonyl (C=O) groups excluding carboxylic acids is 1. The lowest BCUT2D eigenvalue weighted by molar-refractivity contribution is 0.0523. The van der Waals surface area contributed by atoms with Crippen LogP contribution in [0.4, 0.5) is 5.82 Å². The molecule has 0 saturated heterocycles. The molecule has 0 radical (unpaired) electrons. The summed E-state index contributed by atoms with van der Waals surface area (Å²) in [6.45, 7) is 4.20. The molecule has 0 saturated carbocycles. The summed E-state index contributed by atoms with van der Waals surface area (Å²) in [5, 5.41) is 4.24. The van der Waals surface area contributed by atoms with Crippen LogP contribution in [-0.2, 0) is 4.74 Å². The van der Waals surface area contributed by atoms with E-state index in [1.807, 2.05) is 37.3 Å². The predicted octanol–water partition coefficient (Wildman–Crippen LogP) is 2.03. The second kappa shape index (κ2) is 6.10. The average Bonchev–Trinajstić information content (AvgIpc) is 2.77. The normalized spacial score (nSPS) is 10.3. The molecule has 0 aliphatic heterocycles. The maximum atomic E-state index is 12.0. The molecule has 2 aromatic rings. The SMILES string of the molecule is CCOC(=O)c1c(OCC)nn(-c2ccccc2)c1N. The number of rotatable bonds is 5. The Labute approximate surface area is 117 Å². The van der Waals surface area contributed by atoms with Crippen molar-refractivity contribution in [3.05, 3.63) is 35.9 Å². The molecule has 0 aliphatic rings. The topological polar surface area (TPSA) is 79.4 Å². The number of nitrogens with two attached hydrogens (primary N) is 1. The third kappa shape index (κ3) is 2.59. The Bertz CT molecular complexity index is 593. The van der Waals surface area contributed by atoms with E-state index in [2.05, 4.69) is 5.10 Å². The van der Waals surface area contributed by atoms with Crippen LogP contribution in [0.15, 0.2) is 30.3 Å². The van der Waals surface area contributed by atoms with Crippen LogP contribution >= 0.6 is 0 Å². The molecule has 20 heavy (non-hydrogen) atoms. The Morgan fingerprint density at radius 1 is 1.25 bits per heavy atom. The molecule has 0 amide bonds. The summed E-state index contributed by atoms with van der Waals surface area (Å²) in [5.74, 6) is -0.138. The first-order valence-corrected chi connectivity index (χ1v) is 6.42. The molecule has 0 aliphatic carbocycles. The Kier molecular flexibility index (Phi) is 4.24. The number of hydrogen-bond acceptors (Lipinski definition) is 5. The standard InChI is InChI=1S/C14H17N3O3/c1-3-19-13-11(14(18)20-4-2)12(15)17(16-13)10-8-6-5-7-9-10/h5-9H,3-4,15H2,1-2H3. The third-order valence-electron chi connectivity index (χ3n) is 2.65. The number of nitrogens with zero attached hydrogens (tertiary/aromatic N) is 2. The predicted molar refractivity (Wildman–Crippen MR) is 75.1 cm³/mol. The molecule has 1 heterocycles. The van der Waals surface area contributed by atoms with E-state index in [0.29, 0.717) is 6.61 Å². The lowest BCUT2D eigenvalue weighted by Crippen LogP contribution is -2.10. The zero-order chi connectivity index (χ0) is 14.5. The summed E-state index contributed by atoms with van der Waals surface area (Å²) in [4.78, 5) is 12.0. The molecule has 0 spiro atoms. The van der Waals surface area contributed by atoms with Crippen LogP contribution in [0.1, 0.15) is 24.2 Å². The molecule has 0 bridgehead atoms. The summed E-state index contributed by atoms with van der Waals surface area (Å²) in [5.41, 5.74) is 6.93. The van der Waals surface area contributed by atoms with E-state index in [9.17, 15) is 4.79 Å². The Morgan fingerprint density at radius 3 is 2.55 bits per heavy atom. The van der Waals surface area contributed by atoms with Gasteiger partial charge in [-0.1, -0.05) is 18.2 Å². The molecule has 0 atom stereocenters. The van der Waals surface area contributed by atoms with Crippen LogP contribution in [0.3, 0.4) is 0 Å². The first kappa shape index (κ1) is 13.9. The summed E-state index contributed by atoms with van der Waals surface area (Å²) in [7, 11) is 0. The fraction of sp³-hybridized carbons (Fsp3) is 0.286. The van der Waals surface area contributed by atoms with Crippen LogP contribution in [0.5, 0.6) is 5.88 Å². The van der Waals surface area contributed by atoms with Crippen molar-refractivity contribution in [1.29, 1.82) is 0 Å². The number of anilines is 1. The van der Waals surface area contributed by atoms with E-state index in [4.69, 9.17) is 15.2 Å². The fourth-order valence-corrected chi connectivity index (χ4v) is 1.81. The van der Waals surface area contributed by atoms with Gasteiger partial charge in [0, 0.05) is 0 Å². The summed E-state index contributed by atoms with van der Waals surface area (Å²) in [6, 6.07) is 9.29. The van der Waals surface area contributed by atoms with E-state index in [0.717, 1.165) is 5.69 Å². The van der Waals surface area contributed by atoms with E-state index < -0.39 is 5.97 Å². The molecule has 6 heteroatoms. The first-order chi connectivity index (χ1) is 9.69. The molecule has 0 unspecified atom stereocenters. The maximum absolute atomic E-state index is 12.0. The second-order valence-corrected chi connectivity index (χ2v) is 3.97. The molecular weight excluding hydrogens is 258 g/mol. The van der Waals surface area contributed by atoms with E-state index in [1.165, 1.54) is 4.68 Å². The van der Waals surface area contributed by atoms with Crippen LogP contribution in [0.25, 0.3) is 5.69 Å². The summed E-state index contributed by atoms with van der Waals surface area (Å²) >= 11 is 0. The number of benzene rings is 1. The number of aromatic nitrogens is 2. The number of nitrogen functional groups attached to an aromatic ring is 1. The number of ether oxygens (including phenoxy) is 2. The van der Waals surface area contributed by atoms with Gasteiger partial charge < -0.3 is 15.2 Å². The zero-order valence-corrected chi connectivity index (χ0v) is 11.5. The fourth-order valence-electron chi connectivity index (χ4n) is 1.81. The molecule has 1 aromatic heterocycles. The molecule has 0 fully saturated rings. The van der Waals surface area contributed by atoms with Gasteiger partial charge in [-0.15, -0.1) is 5.10 Å². The minimum atomic E-state index is -0.532. The first-order valence-electron chi connectivity index (χ1n) is 6.42. The van der Waals surface area contributed by atoms with Crippen molar-refractivity contribution in [2.75, 3.05) is 18.9 Å². The summed E-state index contributed by atoms with van der Waals surface area (Å²) < 4.78 is 11.8. The van der Waals surface area contributed by atoms with Crippen LogP contribution in [0.2, 0.25) is 0 Å². The largest absolute Gasteiger partial charge is 0.476 e. The highest BCUT2D eigenvalue weighted by atomic mass is 16.5. The number of para-hydroxylation sites is 1. The Balaban J connectivity index is 2.50. The lowest BCUT2D eigenvalue weighted by atomic mass is 10.3. The lowest BCUT2D eigenvalue weighted by Gasteiger charge is -2.04. The highest BCUT2D eigenvalue weighted by molar-refractivity contribution is 5.97. The molecule has 106 valence electrons. The molecule has 6 nitrogen and oxygen atoms in total. The number of carbonyl (C=O) groups is 1. The minimum Gasteiger partial charge on any atom is -0.476 e. The van der Waals surface area contributed by atoms with Gasteiger partial charge in [-0.3, -0.25) is 0 Å². The quantitative estimate of drug-likeness (QED) is 0.844. The van der Waals surface area contributed by atoms with Gasteiger partial charge >= 0.3 is 5.97 Å². The highest BCUT2D eigenvalue weighted by Gasteiger charge is 2.25. The van der Waals surface area contributed by atoms with Gasteiger partial charge in [-0.25, -0.2) is 9.48 Å². The summed E-state index contributed by atoms with van der Waals surface area (Å²) in [6.07, 6.45) is 0. The molecule has 2 N–H and O–H groups in total. The third-order valence-corrected chi connectivity index (χ3v) is 2.65. The number of hydrogen-bond donors (Lipinski definition) is 1. The van der Waals surface area contributed by atoms with E-state index in [1.54, 1.807) is 6.92 Å². The average molecular weight is 275 g/mol. The second-order valence-electron chi connectivity index (χ2n) is 3.97. The van der Waals surface area contributed by atoms with Crippen LogP contribution in [-0.4, -0.2) is 29.0 Å². The van der Waals surface area contributed by atoms with E-state index >= 15 is 0 Å². The Hall–Kier alpha value is -2.50. The van der Waals surface area contributed by atoms with Gasteiger partial charge in [0.2, 0.25) is 5.88 Å². The molecule has 1 aromatic carbocycles. The smallest absolute Gasteiger partial charge is 0.347 e. The monoisotopic (exact) mass is 275 g/mol. The van der Waals surface area contributed by atoms with Crippen molar-refractivity contribution in [3.8, 4) is 11.6 Å². The van der Waals surface area contributed by atoms with Crippen molar-refractivity contribution < 1.29 is 14.3 Å². The van der Waals surface area contributed by atoms with Crippen molar-refractivity contribution in [1.82, 2.24) is 9.78 Å². The zero-order valence-electron chi connectivity index (χ0n) is 11.5. The molecular formula is C14H17N3O3. The van der Waals surface area contributed by atoms with Gasteiger partial charge in [-0.05, 0) is 26.0 Å². The van der Waals surface area contributed by atoms with Crippen molar-refractivity contribution >= 4 is 11.8 Å². The van der Waals surface area contributed by atoms with Gasteiger partial charge in [0.25, 0.3) is 0 Å².